The van der Waals surface area contributed by atoms with Gasteiger partial charge in [0.25, 0.3) is 5.56 Å². The fourth-order valence-corrected chi connectivity index (χ4v) is 4.38. The van der Waals surface area contributed by atoms with Crippen LogP contribution in [0.5, 0.6) is 0 Å². The summed E-state index contributed by atoms with van der Waals surface area (Å²) in [7, 11) is 0. The van der Waals surface area contributed by atoms with Crippen molar-refractivity contribution in [1.29, 1.82) is 0 Å². The fraction of sp³-hybridized carbons (Fsp3) is 0.348. The molecule has 3 aromatic heterocycles. The number of nitrogens with one attached hydrogen (secondary N) is 1. The molecule has 0 spiro atoms. The lowest BCUT2D eigenvalue weighted by molar-refractivity contribution is 0.00397. The van der Waals surface area contributed by atoms with Crippen molar-refractivity contribution in [3.05, 3.63) is 70.2 Å². The molecule has 2 atom stereocenters. The number of fused-ring (bicyclic) bond motifs is 1. The summed E-state index contributed by atoms with van der Waals surface area (Å²) in [6.45, 7) is 0.498. The Morgan fingerprint density at radius 2 is 2.00 bits per heavy atom. The van der Waals surface area contributed by atoms with Crippen molar-refractivity contribution in [3.63, 3.8) is 0 Å². The zero-order valence-corrected chi connectivity index (χ0v) is 17.5. The van der Waals surface area contributed by atoms with Crippen molar-refractivity contribution < 1.29 is 13.5 Å². The topological polar surface area (TPSA) is 98.6 Å². The van der Waals surface area contributed by atoms with Gasteiger partial charge in [-0.1, -0.05) is 0 Å². The average Bonchev–Trinajstić information content (AvgIpc) is 3.55. The molecule has 168 valence electrons. The van der Waals surface area contributed by atoms with Crippen LogP contribution in [0.1, 0.15) is 55.1 Å². The van der Waals surface area contributed by atoms with E-state index in [1.807, 2.05) is 17.1 Å². The van der Waals surface area contributed by atoms with E-state index in [1.165, 1.54) is 12.3 Å². The van der Waals surface area contributed by atoms with E-state index < -0.39 is 17.2 Å². The molecule has 1 aliphatic heterocycles. The first-order chi connectivity index (χ1) is 16.1. The summed E-state index contributed by atoms with van der Waals surface area (Å²) in [6, 6.07) is 3.76. The second-order valence-corrected chi connectivity index (χ2v) is 8.58. The normalized spacial score (nSPS) is 20.9. The average molecular weight is 450 g/mol. The second kappa shape index (κ2) is 7.80. The third-order valence-corrected chi connectivity index (χ3v) is 6.29. The summed E-state index contributed by atoms with van der Waals surface area (Å²) in [5.74, 6) is -1.13. The first kappa shape index (κ1) is 20.1. The molecular weight excluding hydrogens is 430 g/mol. The van der Waals surface area contributed by atoms with Crippen LogP contribution in [0.2, 0.25) is 0 Å². The highest BCUT2D eigenvalue weighted by Gasteiger charge is 2.31. The largest absolute Gasteiger partial charge is 0.373 e. The van der Waals surface area contributed by atoms with Crippen LogP contribution in [0.3, 0.4) is 0 Å². The molecule has 1 aromatic carbocycles. The molecule has 1 saturated heterocycles. The summed E-state index contributed by atoms with van der Waals surface area (Å²) in [5, 5.41) is 11.0. The molecule has 2 unspecified atom stereocenters. The van der Waals surface area contributed by atoms with Gasteiger partial charge in [-0.2, -0.15) is 10.2 Å². The Bertz CT molecular complexity index is 1410. The SMILES string of the molecule is O=c1[nH]ncc2c(-c3ccc(F)cc3F)nc(C3CCOC(c4cnn(C5CC5)c4)C3)nc12. The third-order valence-electron chi connectivity index (χ3n) is 6.29. The van der Waals surface area contributed by atoms with Crippen LogP contribution in [0.4, 0.5) is 8.78 Å². The minimum Gasteiger partial charge on any atom is -0.373 e. The Hall–Kier alpha value is -3.53. The van der Waals surface area contributed by atoms with Crippen LogP contribution in [0, 0.1) is 11.6 Å². The monoisotopic (exact) mass is 450 g/mol. The van der Waals surface area contributed by atoms with Gasteiger partial charge < -0.3 is 4.74 Å². The van der Waals surface area contributed by atoms with Gasteiger partial charge in [0.05, 0.1) is 35.6 Å². The summed E-state index contributed by atoms with van der Waals surface area (Å²) in [5.41, 5.74) is 0.939. The molecule has 0 bridgehead atoms. The first-order valence-corrected chi connectivity index (χ1v) is 10.9. The van der Waals surface area contributed by atoms with Crippen molar-refractivity contribution in [1.82, 2.24) is 29.9 Å². The van der Waals surface area contributed by atoms with Crippen molar-refractivity contribution in [3.8, 4) is 11.3 Å². The van der Waals surface area contributed by atoms with Gasteiger partial charge in [0.1, 0.15) is 23.0 Å². The molecule has 10 heteroatoms. The van der Waals surface area contributed by atoms with Gasteiger partial charge in [-0.25, -0.2) is 23.8 Å². The van der Waals surface area contributed by atoms with Crippen molar-refractivity contribution in [2.75, 3.05) is 6.61 Å². The third kappa shape index (κ3) is 3.70. The molecule has 2 aliphatic rings. The molecule has 6 rings (SSSR count). The Balaban J connectivity index is 1.41. The molecule has 1 saturated carbocycles. The molecule has 4 aromatic rings. The van der Waals surface area contributed by atoms with E-state index in [1.54, 1.807) is 0 Å². The van der Waals surface area contributed by atoms with Crippen LogP contribution < -0.4 is 5.56 Å². The number of aromatic nitrogens is 6. The maximum Gasteiger partial charge on any atom is 0.290 e. The lowest BCUT2D eigenvalue weighted by Gasteiger charge is -2.28. The van der Waals surface area contributed by atoms with Gasteiger partial charge in [-0.05, 0) is 37.8 Å². The summed E-state index contributed by atoms with van der Waals surface area (Å²) >= 11 is 0. The number of benzene rings is 1. The predicted molar refractivity (Wildman–Crippen MR) is 114 cm³/mol. The van der Waals surface area contributed by atoms with Crippen LogP contribution in [0.15, 0.2) is 41.6 Å². The molecule has 4 heterocycles. The van der Waals surface area contributed by atoms with Crippen molar-refractivity contribution in [2.45, 2.75) is 43.7 Å². The number of ether oxygens (including phenoxy) is 1. The van der Waals surface area contributed by atoms with Crippen molar-refractivity contribution >= 4 is 10.9 Å². The van der Waals surface area contributed by atoms with Crippen LogP contribution in [-0.4, -0.2) is 36.6 Å². The van der Waals surface area contributed by atoms with E-state index in [0.717, 1.165) is 30.5 Å². The van der Waals surface area contributed by atoms with E-state index in [-0.39, 0.29) is 28.8 Å². The minimum absolute atomic E-state index is 0.0896. The zero-order chi connectivity index (χ0) is 22.5. The Labute approximate surface area is 186 Å². The lowest BCUT2D eigenvalue weighted by atomic mass is 9.92. The number of rotatable bonds is 4. The van der Waals surface area contributed by atoms with Gasteiger partial charge in [0.2, 0.25) is 0 Å². The Morgan fingerprint density at radius 1 is 1.12 bits per heavy atom. The highest BCUT2D eigenvalue weighted by atomic mass is 19.1. The first-order valence-electron chi connectivity index (χ1n) is 10.9. The summed E-state index contributed by atoms with van der Waals surface area (Å²) in [6.07, 6.45) is 8.64. The molecular formula is C23H20F2N6O2. The number of H-pyrrole nitrogens is 1. The lowest BCUT2D eigenvalue weighted by Crippen LogP contribution is -2.21. The fourth-order valence-electron chi connectivity index (χ4n) is 4.38. The van der Waals surface area contributed by atoms with Gasteiger partial charge >= 0.3 is 0 Å². The quantitative estimate of drug-likeness (QED) is 0.508. The van der Waals surface area contributed by atoms with Crippen LogP contribution in [0.25, 0.3) is 22.2 Å². The molecule has 8 nitrogen and oxygen atoms in total. The van der Waals surface area contributed by atoms with Crippen LogP contribution >= 0.6 is 0 Å². The summed E-state index contributed by atoms with van der Waals surface area (Å²) in [4.78, 5) is 21.7. The number of hydrogen-bond acceptors (Lipinski definition) is 6. The molecule has 2 fully saturated rings. The van der Waals surface area contributed by atoms with Gasteiger partial charge in [0.15, 0.2) is 0 Å². The van der Waals surface area contributed by atoms with Gasteiger partial charge in [-0.15, -0.1) is 0 Å². The predicted octanol–water partition coefficient (Wildman–Crippen LogP) is 3.83. The molecule has 0 amide bonds. The molecule has 0 radical (unpaired) electrons. The Morgan fingerprint density at radius 3 is 2.82 bits per heavy atom. The van der Waals surface area contributed by atoms with E-state index in [2.05, 4.69) is 25.3 Å². The second-order valence-electron chi connectivity index (χ2n) is 8.58. The Kier molecular flexibility index (Phi) is 4.75. The number of hydrogen-bond donors (Lipinski definition) is 1. The number of aromatic amines is 1. The summed E-state index contributed by atoms with van der Waals surface area (Å²) < 4.78 is 36.2. The smallest absolute Gasteiger partial charge is 0.290 e. The molecule has 33 heavy (non-hydrogen) atoms. The maximum atomic E-state index is 14.7. The van der Waals surface area contributed by atoms with Gasteiger partial charge in [-0.3, -0.25) is 9.48 Å². The van der Waals surface area contributed by atoms with E-state index in [4.69, 9.17) is 4.74 Å². The number of nitrogens with zero attached hydrogens (tertiary/aromatic N) is 5. The molecule has 1 N–H and O–H groups in total. The van der Waals surface area contributed by atoms with Crippen molar-refractivity contribution in [2.24, 2.45) is 0 Å². The standard InChI is InChI=1S/C23H20F2N6O2/c24-14-1-4-16(18(25)8-14)20-17-10-26-30-23(32)21(17)29-22(28-20)12-5-6-33-19(7-12)13-9-27-31(11-13)15-2-3-15/h1,4,8-12,15,19H,2-3,5-7H2,(H,30,32). The molecule has 1 aliphatic carbocycles. The van der Waals surface area contributed by atoms with Gasteiger partial charge in [0, 0.05) is 35.9 Å². The van der Waals surface area contributed by atoms with E-state index >= 15 is 0 Å². The van der Waals surface area contributed by atoms with E-state index in [9.17, 15) is 13.6 Å². The zero-order valence-electron chi connectivity index (χ0n) is 17.5. The van der Waals surface area contributed by atoms with Crippen LogP contribution in [-0.2, 0) is 4.74 Å². The van der Waals surface area contributed by atoms with E-state index in [0.29, 0.717) is 36.7 Å². The highest BCUT2D eigenvalue weighted by Crippen LogP contribution is 2.39. The number of halogens is 2. The minimum atomic E-state index is -0.765. The highest BCUT2D eigenvalue weighted by molar-refractivity contribution is 5.91. The maximum absolute atomic E-state index is 14.7.